The molecule has 0 aromatic heterocycles. The van der Waals surface area contributed by atoms with Gasteiger partial charge in [-0.05, 0) is 37.6 Å². The van der Waals surface area contributed by atoms with Crippen LogP contribution in [0.3, 0.4) is 0 Å². The Kier molecular flexibility index (Phi) is 4.82. The summed E-state index contributed by atoms with van der Waals surface area (Å²) < 4.78 is 5.50. The van der Waals surface area contributed by atoms with Gasteiger partial charge in [0.2, 0.25) is 5.91 Å². The second-order valence-corrected chi connectivity index (χ2v) is 5.04. The Morgan fingerprint density at radius 2 is 2.00 bits per heavy atom. The minimum absolute atomic E-state index is 0.0640. The summed E-state index contributed by atoms with van der Waals surface area (Å²) in [7, 11) is 0. The van der Waals surface area contributed by atoms with Gasteiger partial charge >= 0.3 is 0 Å². The van der Waals surface area contributed by atoms with Gasteiger partial charge in [0.1, 0.15) is 5.75 Å². The second kappa shape index (κ2) is 6.79. The van der Waals surface area contributed by atoms with E-state index in [1.54, 1.807) is 12.1 Å². The molecule has 4 heteroatoms. The standard InChI is InChI=1S/C17H20N2O2/c1-12-6-7-16(13(2)10-12)19-17(20)8-9-21-15-5-3-4-14(18)11-15/h3-7,10-11H,8-9,18H2,1-2H3,(H,19,20). The third-order valence-electron chi connectivity index (χ3n) is 3.11. The van der Waals surface area contributed by atoms with E-state index in [0.717, 1.165) is 11.3 Å². The lowest BCUT2D eigenvalue weighted by Crippen LogP contribution is -2.15. The summed E-state index contributed by atoms with van der Waals surface area (Å²) in [5.74, 6) is 0.611. The van der Waals surface area contributed by atoms with Gasteiger partial charge in [-0.15, -0.1) is 0 Å². The third kappa shape index (κ3) is 4.53. The van der Waals surface area contributed by atoms with Gasteiger partial charge in [0.15, 0.2) is 0 Å². The fourth-order valence-corrected chi connectivity index (χ4v) is 2.03. The number of rotatable bonds is 5. The van der Waals surface area contributed by atoms with Crippen LogP contribution in [0.25, 0.3) is 0 Å². The van der Waals surface area contributed by atoms with Crippen LogP contribution in [0.2, 0.25) is 0 Å². The molecule has 0 saturated heterocycles. The van der Waals surface area contributed by atoms with E-state index >= 15 is 0 Å². The minimum atomic E-state index is -0.0640. The maximum atomic E-state index is 11.9. The van der Waals surface area contributed by atoms with Crippen molar-refractivity contribution in [2.45, 2.75) is 20.3 Å². The molecule has 0 fully saturated rings. The molecule has 0 unspecified atom stereocenters. The monoisotopic (exact) mass is 284 g/mol. The summed E-state index contributed by atoms with van der Waals surface area (Å²) in [6, 6.07) is 13.1. The number of aryl methyl sites for hydroxylation is 2. The van der Waals surface area contributed by atoms with Crippen LogP contribution in [0.1, 0.15) is 17.5 Å². The highest BCUT2D eigenvalue weighted by atomic mass is 16.5. The summed E-state index contributed by atoms with van der Waals surface area (Å²) in [5, 5.41) is 2.89. The van der Waals surface area contributed by atoms with Crippen molar-refractivity contribution >= 4 is 17.3 Å². The number of hydrogen-bond acceptors (Lipinski definition) is 3. The molecule has 0 heterocycles. The van der Waals surface area contributed by atoms with Crippen molar-refractivity contribution in [3.05, 3.63) is 53.6 Å². The number of hydrogen-bond donors (Lipinski definition) is 2. The number of amides is 1. The third-order valence-corrected chi connectivity index (χ3v) is 3.11. The van der Waals surface area contributed by atoms with Gasteiger partial charge in [0.25, 0.3) is 0 Å². The van der Waals surface area contributed by atoms with Gasteiger partial charge in [-0.2, -0.15) is 0 Å². The quantitative estimate of drug-likeness (QED) is 0.828. The maximum absolute atomic E-state index is 11.9. The molecule has 0 aliphatic heterocycles. The highest BCUT2D eigenvalue weighted by molar-refractivity contribution is 5.91. The van der Waals surface area contributed by atoms with Crippen LogP contribution >= 0.6 is 0 Å². The predicted molar refractivity (Wildman–Crippen MR) is 85.5 cm³/mol. The van der Waals surface area contributed by atoms with E-state index in [0.29, 0.717) is 24.5 Å². The summed E-state index contributed by atoms with van der Waals surface area (Å²) in [5.41, 5.74) is 9.38. The van der Waals surface area contributed by atoms with Crippen LogP contribution in [-0.2, 0) is 4.79 Å². The van der Waals surface area contributed by atoms with Crippen LogP contribution < -0.4 is 15.8 Å². The van der Waals surface area contributed by atoms with Crippen molar-refractivity contribution in [2.75, 3.05) is 17.7 Å². The van der Waals surface area contributed by atoms with Crippen molar-refractivity contribution in [1.82, 2.24) is 0 Å². The molecule has 4 nitrogen and oxygen atoms in total. The number of carbonyl (C=O) groups excluding carboxylic acids is 1. The summed E-state index contributed by atoms with van der Waals surface area (Å²) in [4.78, 5) is 11.9. The Balaban J connectivity index is 1.82. The average Bonchev–Trinajstić information content (AvgIpc) is 2.42. The number of nitrogens with one attached hydrogen (secondary N) is 1. The molecule has 110 valence electrons. The van der Waals surface area contributed by atoms with E-state index in [-0.39, 0.29) is 5.91 Å². The molecular weight excluding hydrogens is 264 g/mol. The first-order valence-corrected chi connectivity index (χ1v) is 6.90. The highest BCUT2D eigenvalue weighted by Gasteiger charge is 2.05. The Hall–Kier alpha value is -2.49. The Bertz CT molecular complexity index is 638. The Morgan fingerprint density at radius 1 is 1.19 bits per heavy atom. The predicted octanol–water partition coefficient (Wildman–Crippen LogP) is 3.29. The summed E-state index contributed by atoms with van der Waals surface area (Å²) in [6.07, 6.45) is 0.294. The van der Waals surface area contributed by atoms with Crippen LogP contribution in [0.5, 0.6) is 5.75 Å². The first-order valence-electron chi connectivity index (χ1n) is 6.90. The molecule has 2 aromatic rings. The molecule has 2 aromatic carbocycles. The average molecular weight is 284 g/mol. The van der Waals surface area contributed by atoms with Gasteiger partial charge in [-0.25, -0.2) is 0 Å². The number of carbonyl (C=O) groups is 1. The molecular formula is C17H20N2O2. The summed E-state index contributed by atoms with van der Waals surface area (Å²) in [6.45, 7) is 4.32. The molecule has 21 heavy (non-hydrogen) atoms. The Labute approximate surface area is 124 Å². The molecule has 0 saturated carbocycles. The molecule has 3 N–H and O–H groups in total. The zero-order chi connectivity index (χ0) is 15.2. The van der Waals surface area contributed by atoms with Crippen LogP contribution in [-0.4, -0.2) is 12.5 Å². The first-order chi connectivity index (χ1) is 10.0. The molecule has 0 spiro atoms. The van der Waals surface area contributed by atoms with Crippen molar-refractivity contribution < 1.29 is 9.53 Å². The smallest absolute Gasteiger partial charge is 0.227 e. The van der Waals surface area contributed by atoms with Crippen molar-refractivity contribution in [2.24, 2.45) is 0 Å². The maximum Gasteiger partial charge on any atom is 0.227 e. The van der Waals surface area contributed by atoms with Gasteiger partial charge < -0.3 is 15.8 Å². The van der Waals surface area contributed by atoms with Crippen LogP contribution in [0.15, 0.2) is 42.5 Å². The van der Waals surface area contributed by atoms with Gasteiger partial charge in [-0.1, -0.05) is 23.8 Å². The van der Waals surface area contributed by atoms with Gasteiger partial charge in [-0.3, -0.25) is 4.79 Å². The lowest BCUT2D eigenvalue weighted by molar-refractivity contribution is -0.116. The van der Waals surface area contributed by atoms with E-state index < -0.39 is 0 Å². The number of anilines is 2. The molecule has 2 rings (SSSR count). The molecule has 0 radical (unpaired) electrons. The van der Waals surface area contributed by atoms with Crippen LogP contribution in [0.4, 0.5) is 11.4 Å². The Morgan fingerprint density at radius 3 is 2.71 bits per heavy atom. The lowest BCUT2D eigenvalue weighted by atomic mass is 10.1. The minimum Gasteiger partial charge on any atom is -0.493 e. The zero-order valence-corrected chi connectivity index (χ0v) is 12.3. The largest absolute Gasteiger partial charge is 0.493 e. The van der Waals surface area contributed by atoms with Gasteiger partial charge in [0, 0.05) is 17.4 Å². The van der Waals surface area contributed by atoms with Gasteiger partial charge in [0.05, 0.1) is 13.0 Å². The SMILES string of the molecule is Cc1ccc(NC(=O)CCOc2cccc(N)c2)c(C)c1. The van der Waals surface area contributed by atoms with E-state index in [1.165, 1.54) is 5.56 Å². The van der Waals surface area contributed by atoms with Crippen LogP contribution in [0, 0.1) is 13.8 Å². The van der Waals surface area contributed by atoms with Crippen molar-refractivity contribution in [1.29, 1.82) is 0 Å². The first kappa shape index (κ1) is 14.9. The summed E-state index contributed by atoms with van der Waals surface area (Å²) >= 11 is 0. The lowest BCUT2D eigenvalue weighted by Gasteiger charge is -2.10. The normalized spacial score (nSPS) is 10.2. The topological polar surface area (TPSA) is 64.3 Å². The molecule has 0 aliphatic carbocycles. The van der Waals surface area contributed by atoms with Crippen molar-refractivity contribution in [3.8, 4) is 5.75 Å². The highest BCUT2D eigenvalue weighted by Crippen LogP contribution is 2.17. The van der Waals surface area contributed by atoms with E-state index in [1.807, 2.05) is 44.2 Å². The number of benzene rings is 2. The van der Waals surface area contributed by atoms with E-state index in [9.17, 15) is 4.79 Å². The number of nitrogens with two attached hydrogens (primary N) is 1. The molecule has 0 aliphatic rings. The molecule has 1 amide bonds. The fourth-order valence-electron chi connectivity index (χ4n) is 2.03. The molecule has 0 bridgehead atoms. The van der Waals surface area contributed by atoms with Crippen molar-refractivity contribution in [3.63, 3.8) is 0 Å². The number of ether oxygens (including phenoxy) is 1. The fraction of sp³-hybridized carbons (Fsp3) is 0.235. The number of nitrogen functional groups attached to an aromatic ring is 1. The van der Waals surface area contributed by atoms with E-state index in [2.05, 4.69) is 5.32 Å². The van der Waals surface area contributed by atoms with E-state index in [4.69, 9.17) is 10.5 Å². The molecule has 0 atom stereocenters. The second-order valence-electron chi connectivity index (χ2n) is 5.04. The zero-order valence-electron chi connectivity index (χ0n) is 12.3.